The van der Waals surface area contributed by atoms with E-state index in [0.717, 1.165) is 42.4 Å². The van der Waals surface area contributed by atoms with Crippen LogP contribution in [0.25, 0.3) is 0 Å². The van der Waals surface area contributed by atoms with Crippen molar-refractivity contribution < 1.29 is 5.11 Å². The molecule has 1 aromatic rings. The Bertz CT molecular complexity index is 385. The topological polar surface area (TPSA) is 58.0 Å². The highest BCUT2D eigenvalue weighted by atomic mass is 32.2. The van der Waals surface area contributed by atoms with Gasteiger partial charge in [0.1, 0.15) is 5.82 Å². The molecule has 1 fully saturated rings. The van der Waals surface area contributed by atoms with Crippen molar-refractivity contribution in [2.75, 3.05) is 13.2 Å². The van der Waals surface area contributed by atoms with Crippen LogP contribution in [0, 0.1) is 0 Å². The predicted molar refractivity (Wildman–Crippen MR) is 76.3 cm³/mol. The first-order valence-corrected chi connectivity index (χ1v) is 8.22. The Morgan fingerprint density at radius 3 is 3.00 bits per heavy atom. The highest BCUT2D eigenvalue weighted by Gasteiger charge is 2.38. The van der Waals surface area contributed by atoms with Crippen LogP contribution in [-0.2, 0) is 6.42 Å². The summed E-state index contributed by atoms with van der Waals surface area (Å²) in [6, 6.07) is 0. The molecule has 18 heavy (non-hydrogen) atoms. The van der Waals surface area contributed by atoms with Crippen LogP contribution < -0.4 is 5.32 Å². The number of nitrogens with zero attached hydrogens (tertiary/aromatic N) is 2. The summed E-state index contributed by atoms with van der Waals surface area (Å²) in [4.78, 5) is 4.50. The van der Waals surface area contributed by atoms with E-state index in [2.05, 4.69) is 28.5 Å². The van der Waals surface area contributed by atoms with Crippen molar-refractivity contribution in [1.29, 1.82) is 0 Å². The van der Waals surface area contributed by atoms with E-state index in [0.29, 0.717) is 5.25 Å². The van der Waals surface area contributed by atoms with Gasteiger partial charge in [-0.15, -0.1) is 0 Å². The van der Waals surface area contributed by atoms with Gasteiger partial charge in [-0.25, -0.2) is 4.98 Å². The summed E-state index contributed by atoms with van der Waals surface area (Å²) in [5.41, 5.74) is -0.0648. The molecule has 1 saturated carbocycles. The van der Waals surface area contributed by atoms with Crippen LogP contribution in [0.2, 0.25) is 0 Å². The lowest BCUT2D eigenvalue weighted by molar-refractivity contribution is 0.167. The highest BCUT2D eigenvalue weighted by molar-refractivity contribution is 8.01. The number of aryl methyl sites for hydroxylation is 1. The van der Waals surface area contributed by atoms with Gasteiger partial charge in [-0.3, -0.25) is 0 Å². The Kier molecular flexibility index (Phi) is 5.00. The lowest BCUT2D eigenvalue weighted by Gasteiger charge is -2.27. The van der Waals surface area contributed by atoms with Crippen molar-refractivity contribution in [3.8, 4) is 0 Å². The molecular formula is C12H21N3OS2. The molecule has 6 heteroatoms. The lowest BCUT2D eigenvalue weighted by Crippen LogP contribution is -2.46. The molecule has 0 amide bonds. The number of rotatable bonds is 6. The van der Waals surface area contributed by atoms with Crippen LogP contribution in [0.3, 0.4) is 0 Å². The molecule has 1 aliphatic carbocycles. The molecule has 0 saturated heterocycles. The quantitative estimate of drug-likeness (QED) is 0.839. The number of nitrogens with one attached hydrogen (secondary N) is 1. The largest absolute Gasteiger partial charge is 0.394 e. The number of aromatic nitrogens is 2. The van der Waals surface area contributed by atoms with Crippen LogP contribution in [0.1, 0.15) is 38.9 Å². The maximum absolute atomic E-state index is 9.58. The SMILES string of the molecule is CCNC1(CO)CCC(Sc2nc(CC)ns2)C1. The number of thioether (sulfide) groups is 1. The molecule has 0 spiro atoms. The minimum absolute atomic E-state index is 0.0648. The molecular weight excluding hydrogens is 266 g/mol. The summed E-state index contributed by atoms with van der Waals surface area (Å²) in [6.45, 7) is 5.31. The Morgan fingerprint density at radius 1 is 1.56 bits per heavy atom. The van der Waals surface area contributed by atoms with Crippen molar-refractivity contribution >= 4 is 23.3 Å². The molecule has 2 atom stereocenters. The van der Waals surface area contributed by atoms with Gasteiger partial charge in [0.2, 0.25) is 0 Å². The monoisotopic (exact) mass is 287 g/mol. The molecule has 0 aliphatic heterocycles. The van der Waals surface area contributed by atoms with E-state index in [1.54, 1.807) is 0 Å². The first-order valence-electron chi connectivity index (χ1n) is 6.56. The van der Waals surface area contributed by atoms with E-state index in [-0.39, 0.29) is 12.1 Å². The zero-order valence-corrected chi connectivity index (χ0v) is 12.6. The van der Waals surface area contributed by atoms with Crippen LogP contribution in [-0.4, -0.2) is 38.4 Å². The Morgan fingerprint density at radius 2 is 2.39 bits per heavy atom. The van der Waals surface area contributed by atoms with Crippen LogP contribution in [0.4, 0.5) is 0 Å². The van der Waals surface area contributed by atoms with Gasteiger partial charge < -0.3 is 10.4 Å². The molecule has 4 nitrogen and oxygen atoms in total. The maximum Gasteiger partial charge on any atom is 0.170 e. The van der Waals surface area contributed by atoms with Crippen molar-refractivity contribution in [3.63, 3.8) is 0 Å². The fourth-order valence-corrected chi connectivity index (χ4v) is 4.76. The molecule has 1 aromatic heterocycles. The summed E-state index contributed by atoms with van der Waals surface area (Å²) in [7, 11) is 0. The molecule has 1 aliphatic rings. The van der Waals surface area contributed by atoms with E-state index in [1.807, 2.05) is 11.8 Å². The van der Waals surface area contributed by atoms with E-state index in [1.165, 1.54) is 11.5 Å². The third-order valence-corrected chi connectivity index (χ3v) is 5.54. The molecule has 0 bridgehead atoms. The van der Waals surface area contributed by atoms with E-state index in [9.17, 15) is 5.11 Å². The van der Waals surface area contributed by atoms with Gasteiger partial charge in [-0.1, -0.05) is 25.6 Å². The van der Waals surface area contributed by atoms with Crippen LogP contribution in [0.5, 0.6) is 0 Å². The smallest absolute Gasteiger partial charge is 0.170 e. The number of aliphatic hydroxyl groups excluding tert-OH is 1. The zero-order chi connectivity index (χ0) is 13.0. The van der Waals surface area contributed by atoms with Gasteiger partial charge in [-0.05, 0) is 37.3 Å². The van der Waals surface area contributed by atoms with Crippen molar-refractivity contribution in [2.45, 2.75) is 54.7 Å². The average molecular weight is 287 g/mol. The van der Waals surface area contributed by atoms with Gasteiger partial charge in [-0.2, -0.15) is 4.37 Å². The fourth-order valence-electron chi connectivity index (χ4n) is 2.48. The second-order valence-corrected chi connectivity index (χ2v) is 7.08. The van der Waals surface area contributed by atoms with Gasteiger partial charge in [0.25, 0.3) is 0 Å². The van der Waals surface area contributed by atoms with Crippen molar-refractivity contribution in [2.24, 2.45) is 0 Å². The molecule has 2 unspecified atom stereocenters. The van der Waals surface area contributed by atoms with Crippen molar-refractivity contribution in [1.82, 2.24) is 14.7 Å². The maximum atomic E-state index is 9.58. The summed E-state index contributed by atoms with van der Waals surface area (Å²) in [6.07, 6.45) is 4.11. The van der Waals surface area contributed by atoms with E-state index < -0.39 is 0 Å². The fraction of sp³-hybridized carbons (Fsp3) is 0.833. The zero-order valence-electron chi connectivity index (χ0n) is 11.0. The predicted octanol–water partition coefficient (Wildman–Crippen LogP) is 2.09. The molecule has 1 heterocycles. The average Bonchev–Trinajstić information content (AvgIpc) is 2.98. The standard InChI is InChI=1S/C12H21N3OS2/c1-3-10-14-11(18-15-10)17-9-5-6-12(7-9,8-16)13-4-2/h9,13,16H,3-8H2,1-2H3. The molecule has 0 aromatic carbocycles. The normalized spacial score (nSPS) is 27.8. The van der Waals surface area contributed by atoms with E-state index in [4.69, 9.17) is 0 Å². The summed E-state index contributed by atoms with van der Waals surface area (Å²) in [5.74, 6) is 0.945. The minimum Gasteiger partial charge on any atom is -0.394 e. The Hall–Kier alpha value is -0.170. The number of hydrogen-bond acceptors (Lipinski definition) is 6. The summed E-state index contributed by atoms with van der Waals surface area (Å²) < 4.78 is 5.39. The Labute approximate surface area is 117 Å². The van der Waals surface area contributed by atoms with Crippen molar-refractivity contribution in [3.05, 3.63) is 5.82 Å². The summed E-state index contributed by atoms with van der Waals surface area (Å²) >= 11 is 3.33. The second kappa shape index (κ2) is 6.32. The van der Waals surface area contributed by atoms with Crippen LogP contribution in [0.15, 0.2) is 4.34 Å². The minimum atomic E-state index is -0.0648. The molecule has 0 radical (unpaired) electrons. The third-order valence-electron chi connectivity index (χ3n) is 3.45. The van der Waals surface area contributed by atoms with Gasteiger partial charge >= 0.3 is 0 Å². The van der Waals surface area contributed by atoms with Gasteiger partial charge in [0.15, 0.2) is 4.34 Å². The van der Waals surface area contributed by atoms with E-state index >= 15 is 0 Å². The lowest BCUT2D eigenvalue weighted by atomic mass is 9.99. The third kappa shape index (κ3) is 3.23. The molecule has 102 valence electrons. The first kappa shape index (κ1) is 14.2. The molecule has 2 rings (SSSR count). The highest BCUT2D eigenvalue weighted by Crippen LogP contribution is 2.40. The Balaban J connectivity index is 1.92. The van der Waals surface area contributed by atoms with Crippen LogP contribution >= 0.6 is 23.3 Å². The second-order valence-electron chi connectivity index (χ2n) is 4.78. The first-order chi connectivity index (χ1) is 8.71. The summed E-state index contributed by atoms with van der Waals surface area (Å²) in [5, 5.41) is 13.6. The number of hydrogen-bond donors (Lipinski definition) is 2. The van der Waals surface area contributed by atoms with Gasteiger partial charge in [0.05, 0.1) is 6.61 Å². The van der Waals surface area contributed by atoms with Gasteiger partial charge in [0, 0.05) is 17.2 Å². The number of likely N-dealkylation sites (N-methyl/N-ethyl adjacent to an activating group) is 1. The molecule has 2 N–H and O–H groups in total. The number of aliphatic hydroxyl groups is 1.